The van der Waals surface area contributed by atoms with Crippen LogP contribution in [0.3, 0.4) is 0 Å². The summed E-state index contributed by atoms with van der Waals surface area (Å²) in [6, 6.07) is 14.7. The molecule has 4 rings (SSSR count). The van der Waals surface area contributed by atoms with E-state index in [4.69, 9.17) is 11.5 Å². The van der Waals surface area contributed by atoms with Gasteiger partial charge in [0.25, 0.3) is 0 Å². The number of aromatic amines is 1. The number of pyridine rings is 1. The summed E-state index contributed by atoms with van der Waals surface area (Å²) in [5.41, 5.74) is 16.5. The quantitative estimate of drug-likeness (QED) is 0.453. The Bertz CT molecular complexity index is 1040. The molecule has 0 amide bonds. The van der Waals surface area contributed by atoms with Gasteiger partial charge in [0.15, 0.2) is 5.82 Å². The molecule has 0 spiro atoms. The molecular formula is C18H15N5O. The average molecular weight is 317 g/mol. The molecule has 0 fully saturated rings. The Balaban J connectivity index is 2.00. The fourth-order valence-electron chi connectivity index (χ4n) is 2.80. The number of phenolic OH excluding ortho intramolecular Hbond substituents is 1. The maximum Gasteiger partial charge on any atom is 0.153 e. The predicted molar refractivity (Wildman–Crippen MR) is 95.3 cm³/mol. The number of aromatic nitrogens is 3. The molecule has 6 nitrogen and oxygen atoms in total. The van der Waals surface area contributed by atoms with Gasteiger partial charge in [-0.15, -0.1) is 0 Å². The zero-order valence-electron chi connectivity index (χ0n) is 12.7. The highest BCUT2D eigenvalue weighted by molar-refractivity contribution is 6.02. The van der Waals surface area contributed by atoms with Crippen LogP contribution < -0.4 is 11.5 Å². The third-order valence-electron chi connectivity index (χ3n) is 4.00. The van der Waals surface area contributed by atoms with Crippen LogP contribution in [0.1, 0.15) is 0 Å². The van der Waals surface area contributed by atoms with Crippen LogP contribution in [0.15, 0.2) is 54.7 Å². The lowest BCUT2D eigenvalue weighted by atomic mass is 9.96. The van der Waals surface area contributed by atoms with Crippen molar-refractivity contribution in [1.82, 2.24) is 15.2 Å². The van der Waals surface area contributed by atoms with E-state index in [2.05, 4.69) is 15.2 Å². The molecule has 6 heteroatoms. The van der Waals surface area contributed by atoms with Gasteiger partial charge in [-0.25, -0.2) is 4.98 Å². The van der Waals surface area contributed by atoms with Crippen LogP contribution in [0.4, 0.5) is 11.6 Å². The third kappa shape index (κ3) is 2.30. The third-order valence-corrected chi connectivity index (χ3v) is 4.00. The first-order valence-corrected chi connectivity index (χ1v) is 7.41. The van der Waals surface area contributed by atoms with Crippen LogP contribution in [-0.4, -0.2) is 20.3 Å². The molecule has 0 aliphatic carbocycles. The average Bonchev–Trinajstić information content (AvgIpc) is 2.96. The highest BCUT2D eigenvalue weighted by Gasteiger charge is 2.12. The molecule has 2 aromatic heterocycles. The Kier molecular flexibility index (Phi) is 3.09. The lowest BCUT2D eigenvalue weighted by Gasteiger charge is -2.09. The monoisotopic (exact) mass is 317 g/mol. The molecule has 0 aliphatic rings. The Morgan fingerprint density at radius 1 is 0.875 bits per heavy atom. The van der Waals surface area contributed by atoms with Gasteiger partial charge in [0, 0.05) is 17.1 Å². The van der Waals surface area contributed by atoms with Gasteiger partial charge in [-0.1, -0.05) is 12.1 Å². The van der Waals surface area contributed by atoms with E-state index in [0.29, 0.717) is 11.6 Å². The Morgan fingerprint density at radius 2 is 1.67 bits per heavy atom. The van der Waals surface area contributed by atoms with Gasteiger partial charge >= 0.3 is 0 Å². The first-order chi connectivity index (χ1) is 11.6. The molecule has 24 heavy (non-hydrogen) atoms. The van der Waals surface area contributed by atoms with Crippen molar-refractivity contribution in [3.63, 3.8) is 0 Å². The second-order valence-corrected chi connectivity index (χ2v) is 5.57. The van der Waals surface area contributed by atoms with Gasteiger partial charge in [0.2, 0.25) is 0 Å². The topological polar surface area (TPSA) is 114 Å². The smallest absolute Gasteiger partial charge is 0.153 e. The van der Waals surface area contributed by atoms with Crippen molar-refractivity contribution in [2.45, 2.75) is 0 Å². The van der Waals surface area contributed by atoms with Crippen LogP contribution in [0.5, 0.6) is 5.75 Å². The van der Waals surface area contributed by atoms with Crippen LogP contribution in [0, 0.1) is 0 Å². The van der Waals surface area contributed by atoms with E-state index in [-0.39, 0.29) is 5.75 Å². The Morgan fingerprint density at radius 3 is 2.42 bits per heavy atom. The number of H-pyrrole nitrogens is 1. The fourth-order valence-corrected chi connectivity index (χ4v) is 2.80. The summed E-state index contributed by atoms with van der Waals surface area (Å²) in [5, 5.41) is 17.5. The van der Waals surface area contributed by atoms with E-state index < -0.39 is 0 Å². The summed E-state index contributed by atoms with van der Waals surface area (Å²) in [5.74, 6) is 1.12. The van der Waals surface area contributed by atoms with Crippen LogP contribution in [-0.2, 0) is 0 Å². The molecule has 0 bridgehead atoms. The molecule has 2 aromatic carbocycles. The summed E-state index contributed by atoms with van der Waals surface area (Å²) in [6.07, 6.45) is 1.67. The van der Waals surface area contributed by atoms with Crippen molar-refractivity contribution in [2.75, 3.05) is 11.5 Å². The Hall–Kier alpha value is -3.54. The minimum atomic E-state index is 0.220. The van der Waals surface area contributed by atoms with Crippen molar-refractivity contribution in [3.05, 3.63) is 54.7 Å². The first-order valence-electron chi connectivity index (χ1n) is 7.41. The van der Waals surface area contributed by atoms with Gasteiger partial charge < -0.3 is 16.6 Å². The lowest BCUT2D eigenvalue weighted by molar-refractivity contribution is 0.475. The van der Waals surface area contributed by atoms with Crippen LogP contribution in [0.25, 0.3) is 33.2 Å². The molecule has 0 atom stereocenters. The number of phenols is 1. The maximum absolute atomic E-state index is 9.52. The molecule has 0 saturated carbocycles. The van der Waals surface area contributed by atoms with Crippen LogP contribution in [0.2, 0.25) is 0 Å². The van der Waals surface area contributed by atoms with Crippen molar-refractivity contribution in [1.29, 1.82) is 0 Å². The van der Waals surface area contributed by atoms with Gasteiger partial charge in [0.05, 0.1) is 5.52 Å². The van der Waals surface area contributed by atoms with Gasteiger partial charge in [-0.05, 0) is 53.1 Å². The number of hydrogen-bond donors (Lipinski definition) is 4. The maximum atomic E-state index is 9.52. The molecule has 2 heterocycles. The summed E-state index contributed by atoms with van der Waals surface area (Å²) in [6.45, 7) is 0. The highest BCUT2D eigenvalue weighted by atomic mass is 16.3. The number of nitrogen functional groups attached to an aromatic ring is 2. The number of aromatic hydroxyl groups is 1. The number of nitrogens with two attached hydrogens (primary N) is 2. The normalized spacial score (nSPS) is 11.0. The number of fused-ring (bicyclic) bond motifs is 1. The molecule has 118 valence electrons. The van der Waals surface area contributed by atoms with Crippen molar-refractivity contribution in [2.24, 2.45) is 0 Å². The second kappa shape index (κ2) is 5.27. The van der Waals surface area contributed by atoms with Crippen molar-refractivity contribution in [3.8, 4) is 28.0 Å². The number of nitrogens with one attached hydrogen (secondary N) is 1. The van der Waals surface area contributed by atoms with E-state index in [1.807, 2.05) is 36.4 Å². The van der Waals surface area contributed by atoms with E-state index >= 15 is 0 Å². The zero-order chi connectivity index (χ0) is 16.7. The summed E-state index contributed by atoms with van der Waals surface area (Å²) >= 11 is 0. The zero-order valence-corrected chi connectivity index (χ0v) is 12.7. The van der Waals surface area contributed by atoms with Gasteiger partial charge in [-0.3, -0.25) is 5.10 Å². The Labute approximate surface area is 137 Å². The molecule has 0 unspecified atom stereocenters. The lowest BCUT2D eigenvalue weighted by Crippen LogP contribution is -1.91. The van der Waals surface area contributed by atoms with Gasteiger partial charge in [-0.2, -0.15) is 5.10 Å². The minimum Gasteiger partial charge on any atom is -0.508 e. The SMILES string of the molecule is Nc1cc(-c2cc(-c3ccc(O)cc3)c3[nH]nc(N)c3c2)ccn1. The number of rotatable bonds is 2. The van der Waals surface area contributed by atoms with E-state index in [0.717, 1.165) is 33.2 Å². The predicted octanol–water partition coefficient (Wildman–Crippen LogP) is 3.16. The summed E-state index contributed by atoms with van der Waals surface area (Å²) in [4.78, 5) is 4.03. The molecule has 0 saturated heterocycles. The molecular weight excluding hydrogens is 302 g/mol. The molecule has 0 radical (unpaired) electrons. The molecule has 6 N–H and O–H groups in total. The first kappa shape index (κ1) is 14.1. The largest absolute Gasteiger partial charge is 0.508 e. The molecule has 4 aromatic rings. The number of hydrogen-bond acceptors (Lipinski definition) is 5. The van der Waals surface area contributed by atoms with E-state index in [1.165, 1.54) is 0 Å². The van der Waals surface area contributed by atoms with E-state index in [1.54, 1.807) is 18.3 Å². The van der Waals surface area contributed by atoms with E-state index in [9.17, 15) is 5.11 Å². The number of nitrogens with zero attached hydrogens (tertiary/aromatic N) is 2. The summed E-state index contributed by atoms with van der Waals surface area (Å²) < 4.78 is 0. The fraction of sp³-hybridized carbons (Fsp3) is 0. The van der Waals surface area contributed by atoms with Gasteiger partial charge in [0.1, 0.15) is 11.6 Å². The van der Waals surface area contributed by atoms with Crippen molar-refractivity contribution < 1.29 is 5.11 Å². The van der Waals surface area contributed by atoms with Crippen molar-refractivity contribution >= 4 is 22.5 Å². The minimum absolute atomic E-state index is 0.220. The summed E-state index contributed by atoms with van der Waals surface area (Å²) in [7, 11) is 0. The number of anilines is 2. The highest BCUT2D eigenvalue weighted by Crippen LogP contribution is 2.35. The standard InChI is InChI=1S/C18H15N5O/c19-16-9-11(5-6-21-16)12-7-14(10-1-3-13(24)4-2-10)17-15(8-12)18(20)23-22-17/h1-9,24H,(H2,19,21)(H3,20,22,23). The molecule has 0 aliphatic heterocycles. The van der Waals surface area contributed by atoms with Crippen LogP contribution >= 0.6 is 0 Å². The second-order valence-electron chi connectivity index (χ2n) is 5.57. The number of benzene rings is 2.